The summed E-state index contributed by atoms with van der Waals surface area (Å²) < 4.78 is 36.5. The number of aryl methyl sites for hydroxylation is 1. The zero-order valence-electron chi connectivity index (χ0n) is 58.3. The van der Waals surface area contributed by atoms with Gasteiger partial charge in [-0.1, -0.05) is 29.5 Å². The molecule has 14 N–H and O–H groups in total. The second kappa shape index (κ2) is 34.6. The zero-order valence-corrected chi connectivity index (χ0v) is 58.3. The summed E-state index contributed by atoms with van der Waals surface area (Å²) in [5.41, 5.74) is 14.4. The molecule has 0 aliphatic carbocycles. The van der Waals surface area contributed by atoms with E-state index >= 15 is 24.0 Å². The fourth-order valence-electron chi connectivity index (χ4n) is 13.4. The Hall–Kier alpha value is -11.5. The number of carbonyl (C=O) groups excluding carboxylic acids is 10. The number of rotatable bonds is 16. The molecule has 4 aliphatic heterocycles. The first-order valence-electron chi connectivity index (χ1n) is 34.9. The number of primary amides is 1. The molecule has 3 aromatic heterocycles. The predicted octanol–water partition coefficient (Wildman–Crippen LogP) is 3.33. The summed E-state index contributed by atoms with van der Waals surface area (Å²) in [6.07, 6.45) is 7.02. The number of aromatic nitrogens is 5. The summed E-state index contributed by atoms with van der Waals surface area (Å²) in [5, 5.41) is 38.7. The van der Waals surface area contributed by atoms with E-state index in [1.807, 2.05) is 0 Å². The van der Waals surface area contributed by atoms with E-state index in [-0.39, 0.29) is 70.9 Å². The number of Topliss-reactive ketones (excluding diaryl/α,β-unsaturated/α-hetero) is 1. The van der Waals surface area contributed by atoms with Gasteiger partial charge in [0, 0.05) is 104 Å². The van der Waals surface area contributed by atoms with Crippen molar-refractivity contribution in [3.63, 3.8) is 0 Å². The van der Waals surface area contributed by atoms with E-state index in [0.717, 1.165) is 0 Å². The quantitative estimate of drug-likeness (QED) is 0.0488. The van der Waals surface area contributed by atoms with Crippen LogP contribution in [-0.4, -0.2) is 174 Å². The number of hydrogen-bond acceptors (Lipinski definition) is 16. The van der Waals surface area contributed by atoms with Gasteiger partial charge in [-0.3, -0.25) is 57.7 Å². The molecule has 7 aromatic rings. The smallest absolute Gasteiger partial charge is 0.305 e. The molecule has 1 saturated heterocycles. The van der Waals surface area contributed by atoms with Gasteiger partial charge in [-0.15, -0.1) is 5.10 Å². The van der Waals surface area contributed by atoms with E-state index in [0.29, 0.717) is 92.4 Å². The Kier molecular flexibility index (Phi) is 25.1. The number of fused-ring (bicyclic) bond motifs is 31. The summed E-state index contributed by atoms with van der Waals surface area (Å²) in [6, 6.07) is 10.7. The molecule has 0 radical (unpaired) electrons. The first-order valence-corrected chi connectivity index (χ1v) is 34.9. The lowest BCUT2D eigenvalue weighted by molar-refractivity contribution is -0.147. The normalized spacial score (nSPS) is 23.3. The number of H-pyrrole nitrogens is 2. The van der Waals surface area contributed by atoms with Crippen LogP contribution in [0.3, 0.4) is 0 Å². The van der Waals surface area contributed by atoms with Gasteiger partial charge >= 0.3 is 5.97 Å². The second-order valence-electron chi connectivity index (χ2n) is 27.0. The van der Waals surface area contributed by atoms with Gasteiger partial charge in [0.2, 0.25) is 53.2 Å². The van der Waals surface area contributed by atoms with E-state index in [1.165, 1.54) is 78.6 Å². The highest BCUT2D eigenvalue weighted by Gasteiger charge is 2.49. The van der Waals surface area contributed by atoms with Crippen molar-refractivity contribution in [1.82, 2.24) is 67.1 Å². The van der Waals surface area contributed by atoms with Crippen molar-refractivity contribution < 1.29 is 71.4 Å². The van der Waals surface area contributed by atoms with Crippen molar-refractivity contribution in [2.45, 2.75) is 164 Å². The number of allylic oxidation sites excluding steroid dienone is 1. The molecule has 554 valence electrons. The molecular formula is C74H86F2N16O13. The highest BCUT2D eigenvalue weighted by Crippen LogP contribution is 2.32. The summed E-state index contributed by atoms with van der Waals surface area (Å²) in [4.78, 5) is 171. The maximum Gasteiger partial charge on any atom is 0.305 e. The van der Waals surface area contributed by atoms with Gasteiger partial charge in [0.05, 0.1) is 37.2 Å². The van der Waals surface area contributed by atoms with Crippen LogP contribution < -0.4 is 53.4 Å². The summed E-state index contributed by atoms with van der Waals surface area (Å²) in [6.45, 7) is 3.21. The molecule has 29 nitrogen and oxygen atoms in total. The van der Waals surface area contributed by atoms with E-state index in [2.05, 4.69) is 62.5 Å². The molecule has 7 heterocycles. The number of halogens is 2. The molecular weight excluding hydrogens is 1360 g/mol. The molecule has 4 aromatic carbocycles. The van der Waals surface area contributed by atoms with Crippen molar-refractivity contribution >= 4 is 92.9 Å². The van der Waals surface area contributed by atoms with Crippen LogP contribution in [0, 0.1) is 17.6 Å². The van der Waals surface area contributed by atoms with E-state index < -0.39 is 150 Å². The van der Waals surface area contributed by atoms with Gasteiger partial charge in [-0.2, -0.15) is 0 Å². The van der Waals surface area contributed by atoms with Crippen LogP contribution in [0.5, 0.6) is 5.75 Å². The lowest BCUT2D eigenvalue weighted by Gasteiger charge is -2.37. The maximum atomic E-state index is 15.4. The fourth-order valence-corrected chi connectivity index (χ4v) is 13.4. The van der Waals surface area contributed by atoms with E-state index in [9.17, 15) is 42.7 Å². The largest absolute Gasteiger partial charge is 0.497 e. The third kappa shape index (κ3) is 19.6. The zero-order chi connectivity index (χ0) is 75.1. The van der Waals surface area contributed by atoms with Crippen molar-refractivity contribution in [3.05, 3.63) is 155 Å². The number of carbonyl (C=O) groups is 11. The molecule has 4 bridgehead atoms. The van der Waals surface area contributed by atoms with Crippen LogP contribution in [0.15, 0.2) is 120 Å². The minimum absolute atomic E-state index is 0.0403. The fraction of sp³-hybridized carbons (Fsp3) is 0.405. The third-order valence-electron chi connectivity index (χ3n) is 19.3. The average Bonchev–Trinajstić information content (AvgIpc) is 1.68. The van der Waals surface area contributed by atoms with Crippen molar-refractivity contribution in [2.75, 3.05) is 20.2 Å². The number of nitrogens with one attached hydrogen (secondary N) is 9. The molecule has 9 atom stereocenters. The Morgan fingerprint density at radius 1 is 0.686 bits per heavy atom. The van der Waals surface area contributed by atoms with Gasteiger partial charge in [-0.05, 0) is 160 Å². The highest BCUT2D eigenvalue weighted by molar-refractivity contribution is 6.01. The summed E-state index contributed by atoms with van der Waals surface area (Å²) in [7, 11) is 1.47. The van der Waals surface area contributed by atoms with Gasteiger partial charge in [0.1, 0.15) is 59.2 Å². The molecule has 1 fully saturated rings. The average molecular weight is 1450 g/mol. The Bertz CT molecular complexity index is 4460. The first kappa shape index (κ1) is 76.1. The number of nitrogens with zero attached hydrogens (tertiary/aromatic N) is 5. The molecule has 105 heavy (non-hydrogen) atoms. The van der Waals surface area contributed by atoms with Gasteiger partial charge in [0.15, 0.2) is 5.78 Å². The Morgan fingerprint density at radius 2 is 1.35 bits per heavy atom. The number of aliphatic imine (C=N–C) groups is 1. The number of hydrogen-bond donors (Lipinski definition) is 12. The molecule has 11 rings (SSSR count). The van der Waals surface area contributed by atoms with Crippen LogP contribution in [-0.2, 0) is 84.8 Å². The van der Waals surface area contributed by atoms with Crippen LogP contribution in [0.25, 0.3) is 27.5 Å². The number of benzene rings is 4. The monoisotopic (exact) mass is 1440 g/mol. The maximum absolute atomic E-state index is 15.4. The Balaban J connectivity index is 1.00. The number of carboxylic acid groups (broad SMARTS) is 1. The van der Waals surface area contributed by atoms with Crippen LogP contribution in [0.1, 0.15) is 112 Å². The second-order valence-corrected chi connectivity index (χ2v) is 27.0. The number of amides is 9. The van der Waals surface area contributed by atoms with Gasteiger partial charge in [-0.25, -0.2) is 13.5 Å². The molecule has 0 unspecified atom stereocenters. The SMILES string of the molecule is COc1ccc(C[C@@H]2NC(=O)[C@H](CC3=CN=CC3)CC(=O)[C@H](CC(=O)O)NC(=O)[C@H](Cc3c[nH]c4cc(F)ccc34)NC(=O)[C@H](Cc3c[nH]c4ccc(F)cc34)NC(=O)[C@@H](C)NC(=O)[C@H](CCCCN)NC(=O)CCCc3cn(nn3)-c3ccc(cc3)C[C@@H](C(N)=O)NC(=O)[C@]3(C)CCCN3C2=O)cc1. The summed E-state index contributed by atoms with van der Waals surface area (Å²) >= 11 is 0. The number of unbranched alkanes of at least 4 members (excludes halogenated alkanes) is 1. The molecule has 9 amide bonds. The van der Waals surface area contributed by atoms with Crippen LogP contribution in [0.4, 0.5) is 8.78 Å². The van der Waals surface area contributed by atoms with Crippen molar-refractivity contribution in [1.29, 1.82) is 0 Å². The first-order chi connectivity index (χ1) is 50.3. The van der Waals surface area contributed by atoms with Crippen molar-refractivity contribution in [3.8, 4) is 11.4 Å². The number of nitrogens with two attached hydrogens (primary N) is 2. The standard InChI is InChI=1S/C74H86F2N16O13/c1-41-67(98)85-60(32-47-39-80-55-22-16-48(75)34-54(47)55)71(102)86-61(31-46-38-81-57-35-49(76)15-21-53(46)57)70(101)84-58(36-65(95)96)63(93)33-45(28-44-23-26-79-37-44)68(99)87-62(30-43-13-19-52(105-3)20-14-43)72(103)91-27-7-24-74(91,2)73(104)88-59(66(78)97)29-42-11-17-51(18-12-42)92-40-50(89-90-92)8-6-10-64(94)83-56(69(100)82-41)9-4-5-25-77/h11-22,26,34-35,37-41,45,56,58-62,80-81H,4-10,23-25,27-33,36,77H2,1-3H3,(H2,78,97)(H,82,100)(H,83,94)(H,84,101)(H,85,98)(H,86,102)(H,87,99)(H,88,104)(H,95,96)/t41-,45-,56+,58+,59+,60+,61+,62+,74+/m1/s1. The number of ether oxygens (including phenoxy) is 1. The number of carboxylic acids is 1. The Labute approximate surface area is 602 Å². The van der Waals surface area contributed by atoms with E-state index in [1.54, 1.807) is 67.9 Å². The molecule has 31 heteroatoms. The minimum atomic E-state index is -1.91. The predicted molar refractivity (Wildman–Crippen MR) is 380 cm³/mol. The molecule has 0 spiro atoms. The minimum Gasteiger partial charge on any atom is -0.497 e. The van der Waals surface area contributed by atoms with Gasteiger partial charge < -0.3 is 73.4 Å². The number of aliphatic carboxylic acids is 1. The lowest BCUT2D eigenvalue weighted by Crippen LogP contribution is -2.62. The number of methoxy groups -OCH3 is 1. The van der Waals surface area contributed by atoms with Crippen molar-refractivity contribution in [2.24, 2.45) is 22.4 Å². The van der Waals surface area contributed by atoms with Crippen LogP contribution >= 0.6 is 0 Å². The van der Waals surface area contributed by atoms with Gasteiger partial charge in [0.25, 0.3) is 0 Å². The molecule has 0 saturated carbocycles. The number of aromatic amines is 2. The summed E-state index contributed by atoms with van der Waals surface area (Å²) in [5.74, 6) is -12.1. The highest BCUT2D eigenvalue weighted by atomic mass is 19.1. The molecule has 4 aliphatic rings. The topological polar surface area (TPSA) is 431 Å². The lowest BCUT2D eigenvalue weighted by atomic mass is 9.89. The Morgan fingerprint density at radius 3 is 2.04 bits per heavy atom. The van der Waals surface area contributed by atoms with Crippen LogP contribution in [0.2, 0.25) is 0 Å². The third-order valence-corrected chi connectivity index (χ3v) is 19.3. The number of ketones is 1. The van der Waals surface area contributed by atoms with E-state index in [4.69, 9.17) is 16.2 Å².